The van der Waals surface area contributed by atoms with E-state index in [4.69, 9.17) is 5.73 Å². The van der Waals surface area contributed by atoms with E-state index in [1.54, 1.807) is 6.07 Å². The van der Waals surface area contributed by atoms with Gasteiger partial charge in [0, 0.05) is 31.0 Å². The first-order chi connectivity index (χ1) is 8.88. The molecule has 1 fully saturated rings. The SMILES string of the molecule is CC(N)C1CCCN(c2ccnc(C(F)(F)F)c2)C1. The van der Waals surface area contributed by atoms with Gasteiger partial charge < -0.3 is 10.6 Å². The largest absolute Gasteiger partial charge is 0.433 e. The highest BCUT2D eigenvalue weighted by Crippen LogP contribution is 2.31. The molecule has 0 aliphatic carbocycles. The number of anilines is 1. The van der Waals surface area contributed by atoms with Gasteiger partial charge in [-0.1, -0.05) is 0 Å². The minimum absolute atomic E-state index is 0.0618. The van der Waals surface area contributed by atoms with Crippen LogP contribution >= 0.6 is 0 Å². The van der Waals surface area contributed by atoms with Crippen LogP contribution in [0.4, 0.5) is 18.9 Å². The first-order valence-corrected chi connectivity index (χ1v) is 6.41. The Morgan fingerprint density at radius 2 is 2.21 bits per heavy atom. The Morgan fingerprint density at radius 3 is 2.84 bits per heavy atom. The molecule has 0 bridgehead atoms. The smallest absolute Gasteiger partial charge is 0.371 e. The molecule has 2 unspecified atom stereocenters. The van der Waals surface area contributed by atoms with Gasteiger partial charge in [0.1, 0.15) is 5.69 Å². The Balaban J connectivity index is 2.17. The van der Waals surface area contributed by atoms with E-state index in [-0.39, 0.29) is 6.04 Å². The van der Waals surface area contributed by atoms with Crippen LogP contribution < -0.4 is 10.6 Å². The summed E-state index contributed by atoms with van der Waals surface area (Å²) < 4.78 is 37.9. The monoisotopic (exact) mass is 273 g/mol. The first-order valence-electron chi connectivity index (χ1n) is 6.41. The summed E-state index contributed by atoms with van der Waals surface area (Å²) in [6.07, 6.45) is -1.19. The number of rotatable bonds is 2. The molecule has 0 saturated carbocycles. The molecule has 1 saturated heterocycles. The average Bonchev–Trinajstić information content (AvgIpc) is 2.38. The molecule has 1 aliphatic heterocycles. The molecule has 0 aromatic carbocycles. The Morgan fingerprint density at radius 1 is 1.47 bits per heavy atom. The number of nitrogens with zero attached hydrogens (tertiary/aromatic N) is 2. The molecular weight excluding hydrogens is 255 g/mol. The van der Waals surface area contributed by atoms with Gasteiger partial charge in [-0.3, -0.25) is 4.98 Å². The number of halogens is 3. The summed E-state index contributed by atoms with van der Waals surface area (Å²) in [7, 11) is 0. The van der Waals surface area contributed by atoms with Gasteiger partial charge in [-0.2, -0.15) is 13.2 Å². The number of nitrogens with two attached hydrogens (primary N) is 1. The van der Waals surface area contributed by atoms with Gasteiger partial charge in [0.05, 0.1) is 0 Å². The maximum absolute atomic E-state index is 12.6. The maximum Gasteiger partial charge on any atom is 0.433 e. The van der Waals surface area contributed by atoms with Crippen molar-refractivity contribution in [3.05, 3.63) is 24.0 Å². The highest BCUT2D eigenvalue weighted by Gasteiger charge is 2.33. The van der Waals surface area contributed by atoms with E-state index in [2.05, 4.69) is 4.98 Å². The molecule has 19 heavy (non-hydrogen) atoms. The van der Waals surface area contributed by atoms with Crippen LogP contribution in [0.5, 0.6) is 0 Å². The fraction of sp³-hybridized carbons (Fsp3) is 0.615. The van der Waals surface area contributed by atoms with Gasteiger partial charge in [0.2, 0.25) is 0 Å². The van der Waals surface area contributed by atoms with Gasteiger partial charge in [-0.25, -0.2) is 0 Å². The van der Waals surface area contributed by atoms with Gasteiger partial charge in [-0.15, -0.1) is 0 Å². The molecular formula is C13H18F3N3. The van der Waals surface area contributed by atoms with E-state index in [0.717, 1.165) is 25.5 Å². The van der Waals surface area contributed by atoms with Crippen molar-refractivity contribution in [2.24, 2.45) is 11.7 Å². The van der Waals surface area contributed by atoms with E-state index < -0.39 is 11.9 Å². The Hall–Kier alpha value is -1.30. The Bertz CT molecular complexity index is 431. The second-order valence-corrected chi connectivity index (χ2v) is 5.10. The number of hydrogen-bond donors (Lipinski definition) is 1. The molecule has 6 heteroatoms. The van der Waals surface area contributed by atoms with Crippen LogP contribution in [0.1, 0.15) is 25.5 Å². The van der Waals surface area contributed by atoms with Crippen molar-refractivity contribution in [1.29, 1.82) is 0 Å². The third-order valence-corrected chi connectivity index (χ3v) is 3.60. The predicted octanol–water partition coefficient (Wildman–Crippen LogP) is 2.66. The number of alkyl halides is 3. The molecule has 2 rings (SSSR count). The molecule has 106 valence electrons. The molecule has 1 aromatic heterocycles. The quantitative estimate of drug-likeness (QED) is 0.900. The van der Waals surface area contributed by atoms with Crippen molar-refractivity contribution in [3.63, 3.8) is 0 Å². The first kappa shape index (κ1) is 14.1. The minimum atomic E-state index is -4.40. The molecule has 2 heterocycles. The van der Waals surface area contributed by atoms with Crippen LogP contribution in [-0.2, 0) is 6.18 Å². The van der Waals surface area contributed by atoms with Gasteiger partial charge in [0.25, 0.3) is 0 Å². The molecule has 2 N–H and O–H groups in total. The van der Waals surface area contributed by atoms with Crippen LogP contribution in [0.15, 0.2) is 18.3 Å². The number of pyridine rings is 1. The zero-order valence-corrected chi connectivity index (χ0v) is 10.8. The Labute approximate surface area is 110 Å². The lowest BCUT2D eigenvalue weighted by Gasteiger charge is -2.36. The molecule has 1 aliphatic rings. The predicted molar refractivity (Wildman–Crippen MR) is 67.8 cm³/mol. The standard InChI is InChI=1S/C13H18F3N3/c1-9(17)10-3-2-6-19(8-10)11-4-5-18-12(7-11)13(14,15)16/h4-5,7,9-10H,2-3,6,8,17H2,1H3. The zero-order chi connectivity index (χ0) is 14.0. The third kappa shape index (κ3) is 3.37. The second-order valence-electron chi connectivity index (χ2n) is 5.10. The van der Waals surface area contributed by atoms with Crippen molar-refractivity contribution in [2.45, 2.75) is 32.0 Å². The third-order valence-electron chi connectivity index (χ3n) is 3.60. The normalized spacial score (nSPS) is 22.4. The summed E-state index contributed by atoms with van der Waals surface area (Å²) in [5.74, 6) is 0.330. The lowest BCUT2D eigenvalue weighted by Crippen LogP contribution is -2.42. The summed E-state index contributed by atoms with van der Waals surface area (Å²) in [5, 5.41) is 0. The van der Waals surface area contributed by atoms with Gasteiger partial charge in [-0.05, 0) is 37.8 Å². The van der Waals surface area contributed by atoms with Crippen LogP contribution in [0.25, 0.3) is 0 Å². The molecule has 0 spiro atoms. The summed E-state index contributed by atoms with van der Waals surface area (Å²) in [4.78, 5) is 5.35. The summed E-state index contributed by atoms with van der Waals surface area (Å²) >= 11 is 0. The highest BCUT2D eigenvalue weighted by molar-refractivity contribution is 5.47. The molecule has 3 nitrogen and oxygen atoms in total. The van der Waals surface area contributed by atoms with Crippen LogP contribution in [0.3, 0.4) is 0 Å². The number of piperidine rings is 1. The van der Waals surface area contributed by atoms with E-state index in [9.17, 15) is 13.2 Å². The molecule has 0 amide bonds. The van der Waals surface area contributed by atoms with E-state index in [0.29, 0.717) is 18.2 Å². The highest BCUT2D eigenvalue weighted by atomic mass is 19.4. The molecule has 2 atom stereocenters. The fourth-order valence-corrected chi connectivity index (χ4v) is 2.44. The second kappa shape index (κ2) is 5.36. The topological polar surface area (TPSA) is 42.1 Å². The average molecular weight is 273 g/mol. The van der Waals surface area contributed by atoms with Crippen molar-refractivity contribution in [3.8, 4) is 0 Å². The van der Waals surface area contributed by atoms with Crippen molar-refractivity contribution < 1.29 is 13.2 Å². The van der Waals surface area contributed by atoms with Crippen LogP contribution in [-0.4, -0.2) is 24.1 Å². The van der Waals surface area contributed by atoms with Crippen LogP contribution in [0.2, 0.25) is 0 Å². The van der Waals surface area contributed by atoms with Crippen LogP contribution in [0, 0.1) is 5.92 Å². The van der Waals surface area contributed by atoms with Gasteiger partial charge >= 0.3 is 6.18 Å². The van der Waals surface area contributed by atoms with E-state index >= 15 is 0 Å². The summed E-state index contributed by atoms with van der Waals surface area (Å²) in [5.41, 5.74) is 5.62. The molecule has 1 aromatic rings. The maximum atomic E-state index is 12.6. The fourth-order valence-electron chi connectivity index (χ4n) is 2.44. The zero-order valence-electron chi connectivity index (χ0n) is 10.8. The van der Waals surface area contributed by atoms with E-state index in [1.165, 1.54) is 6.20 Å². The lowest BCUT2D eigenvalue weighted by molar-refractivity contribution is -0.141. The minimum Gasteiger partial charge on any atom is -0.371 e. The lowest BCUT2D eigenvalue weighted by atomic mass is 9.92. The summed E-state index contributed by atoms with van der Waals surface area (Å²) in [6, 6.07) is 2.80. The summed E-state index contributed by atoms with van der Waals surface area (Å²) in [6.45, 7) is 3.42. The van der Waals surface area contributed by atoms with E-state index in [1.807, 2.05) is 11.8 Å². The Kier molecular flexibility index (Phi) is 3.99. The van der Waals surface area contributed by atoms with Gasteiger partial charge in [0.15, 0.2) is 0 Å². The van der Waals surface area contributed by atoms with Crippen molar-refractivity contribution in [2.75, 3.05) is 18.0 Å². The number of hydrogen-bond acceptors (Lipinski definition) is 3. The molecule has 0 radical (unpaired) electrons. The number of aromatic nitrogens is 1. The van der Waals surface area contributed by atoms with Crippen molar-refractivity contribution in [1.82, 2.24) is 4.98 Å². The van der Waals surface area contributed by atoms with Crippen molar-refractivity contribution >= 4 is 5.69 Å².